The molecule has 0 aromatic carbocycles. The summed E-state index contributed by atoms with van der Waals surface area (Å²) in [6, 6.07) is 2.35. The monoisotopic (exact) mass is 358 g/mol. The van der Waals surface area contributed by atoms with Gasteiger partial charge in [-0.15, -0.1) is 6.42 Å². The first-order valence-electron chi connectivity index (χ1n) is 7.22. The summed E-state index contributed by atoms with van der Waals surface area (Å²) in [5.41, 5.74) is -0.193. The number of hydrogen-bond acceptors (Lipinski definition) is 7. The molecule has 3 N–H and O–H groups in total. The molecule has 26 heavy (non-hydrogen) atoms. The Morgan fingerprint density at radius 3 is 2.23 bits per heavy atom. The topological polar surface area (TPSA) is 138 Å². The number of aromatic amines is 2. The molecule has 9 heteroatoms. The Labute approximate surface area is 149 Å². The molecule has 2 aromatic rings. The van der Waals surface area contributed by atoms with Crippen molar-refractivity contribution in [1.82, 2.24) is 19.9 Å². The number of carbonyl (C=O) groups is 1. The van der Waals surface area contributed by atoms with Crippen molar-refractivity contribution in [3.05, 3.63) is 56.9 Å². The second kappa shape index (κ2) is 13.7. The Morgan fingerprint density at radius 2 is 1.85 bits per heavy atom. The van der Waals surface area contributed by atoms with Crippen LogP contribution in [0, 0.1) is 24.2 Å². The zero-order valence-electron chi connectivity index (χ0n) is 14.3. The molecule has 0 amide bonds. The molecule has 0 spiro atoms. The summed E-state index contributed by atoms with van der Waals surface area (Å²) < 4.78 is 4.63. The highest BCUT2D eigenvalue weighted by Crippen LogP contribution is 1.91. The maximum atomic E-state index is 11.0. The molecular weight excluding hydrogens is 340 g/mol. The highest BCUT2D eigenvalue weighted by atomic mass is 16.5. The van der Waals surface area contributed by atoms with Crippen LogP contribution in [0.15, 0.2) is 34.4 Å². The van der Waals surface area contributed by atoms with Crippen LogP contribution in [0.25, 0.3) is 0 Å². The number of hydrogen-bond donors (Lipinski definition) is 3. The van der Waals surface area contributed by atoms with Crippen LogP contribution >= 0.6 is 0 Å². The van der Waals surface area contributed by atoms with E-state index in [0.29, 0.717) is 5.69 Å². The van der Waals surface area contributed by atoms with Gasteiger partial charge in [0.25, 0.3) is 11.1 Å². The molecule has 0 aliphatic carbocycles. The van der Waals surface area contributed by atoms with Gasteiger partial charge in [-0.1, -0.05) is 5.92 Å². The van der Waals surface area contributed by atoms with E-state index < -0.39 is 5.97 Å². The summed E-state index contributed by atoms with van der Waals surface area (Å²) in [4.78, 5) is 44.0. The Kier molecular flexibility index (Phi) is 11.8. The third kappa shape index (κ3) is 10.2. The van der Waals surface area contributed by atoms with Gasteiger partial charge in [0.2, 0.25) is 0 Å². The minimum absolute atomic E-state index is 0.0283. The first kappa shape index (κ1) is 22.3. The van der Waals surface area contributed by atoms with Crippen LogP contribution in [0.5, 0.6) is 0 Å². The van der Waals surface area contributed by atoms with E-state index in [9.17, 15) is 14.4 Å². The minimum Gasteiger partial charge on any atom is -0.461 e. The molecule has 0 bridgehead atoms. The van der Waals surface area contributed by atoms with Gasteiger partial charge in [0.05, 0.1) is 31.6 Å². The van der Waals surface area contributed by atoms with Crippen molar-refractivity contribution in [1.29, 1.82) is 0 Å². The minimum atomic E-state index is -0.580. The van der Waals surface area contributed by atoms with Gasteiger partial charge in [-0.3, -0.25) is 9.59 Å². The van der Waals surface area contributed by atoms with Crippen LogP contribution in [0.1, 0.15) is 30.0 Å². The number of carbonyl (C=O) groups excluding carboxylic acids is 1. The molecule has 9 nitrogen and oxygen atoms in total. The predicted molar refractivity (Wildman–Crippen MR) is 93.9 cm³/mol. The van der Waals surface area contributed by atoms with Crippen molar-refractivity contribution in [3.63, 3.8) is 0 Å². The molecule has 0 radical (unpaired) electrons. The number of nitrogens with zero attached hydrogens (tertiary/aromatic N) is 2. The number of aromatic nitrogens is 4. The van der Waals surface area contributed by atoms with Gasteiger partial charge in [0.15, 0.2) is 5.69 Å². The molecule has 136 valence electrons. The summed E-state index contributed by atoms with van der Waals surface area (Å²) in [7, 11) is 0. The van der Waals surface area contributed by atoms with Crippen molar-refractivity contribution in [3.8, 4) is 24.2 Å². The molecule has 2 rings (SSSR count). The lowest BCUT2D eigenvalue weighted by molar-refractivity contribution is 0.0519. The van der Waals surface area contributed by atoms with Crippen molar-refractivity contribution in [2.24, 2.45) is 0 Å². The largest absolute Gasteiger partial charge is 0.461 e. The number of terminal acetylenes is 1. The smallest absolute Gasteiger partial charge is 0.357 e. The van der Waals surface area contributed by atoms with Crippen LogP contribution in [0.3, 0.4) is 0 Å². The maximum absolute atomic E-state index is 11.0. The number of rotatable bonds is 3. The fraction of sp³-hybridized carbons (Fsp3) is 0.235. The van der Waals surface area contributed by atoms with Crippen molar-refractivity contribution < 1.29 is 14.6 Å². The molecular formula is C17H18N4O5. The first-order valence-corrected chi connectivity index (χ1v) is 7.22. The standard InChI is InChI=1S/C7H8N2O3.C5H6N2O2.C5H4/c1-2-12-7(11)5-3-6(10)9-4-8-5;8-2-4-1-5(9)7-3-6-4;1-3-5-4-2/h3-4H,2H2,1H3,(H,8,9,10);1,3,8H,2H2,(H,6,7,9);1H,2H3. The predicted octanol–water partition coefficient (Wildman–Crippen LogP) is -0.148. The zero-order chi connectivity index (χ0) is 19.8. The third-order valence-electron chi connectivity index (χ3n) is 2.26. The lowest BCUT2D eigenvalue weighted by Gasteiger charge is -1.98. The Balaban J connectivity index is 0.000000394. The number of ether oxygens (including phenoxy) is 1. The van der Waals surface area contributed by atoms with Gasteiger partial charge in [0.1, 0.15) is 0 Å². The summed E-state index contributed by atoms with van der Waals surface area (Å²) in [6.45, 7) is 3.47. The Morgan fingerprint density at radius 1 is 1.23 bits per heavy atom. The van der Waals surface area contributed by atoms with E-state index in [-0.39, 0.29) is 30.0 Å². The van der Waals surface area contributed by atoms with Crippen LogP contribution < -0.4 is 11.1 Å². The van der Waals surface area contributed by atoms with Gasteiger partial charge in [0, 0.05) is 12.1 Å². The fourth-order valence-corrected chi connectivity index (χ4v) is 1.25. The number of nitrogens with one attached hydrogen (secondary N) is 2. The van der Waals surface area contributed by atoms with Crippen molar-refractivity contribution >= 4 is 5.97 Å². The molecule has 0 fully saturated rings. The lowest BCUT2D eigenvalue weighted by Crippen LogP contribution is -2.13. The first-order chi connectivity index (χ1) is 12.5. The highest BCUT2D eigenvalue weighted by molar-refractivity contribution is 5.86. The fourth-order valence-electron chi connectivity index (χ4n) is 1.25. The molecule has 0 aliphatic heterocycles. The van der Waals surface area contributed by atoms with Crippen LogP contribution in [-0.4, -0.2) is 37.6 Å². The van der Waals surface area contributed by atoms with Gasteiger partial charge in [-0.2, -0.15) is 0 Å². The quantitative estimate of drug-likeness (QED) is 0.512. The molecule has 0 unspecified atom stereocenters. The summed E-state index contributed by atoms with van der Waals surface area (Å²) in [5.74, 6) is 6.50. The number of esters is 1. The molecule has 0 saturated heterocycles. The van der Waals surface area contributed by atoms with E-state index in [0.717, 1.165) is 12.4 Å². The van der Waals surface area contributed by atoms with Gasteiger partial charge < -0.3 is 19.8 Å². The van der Waals surface area contributed by atoms with Gasteiger partial charge >= 0.3 is 5.97 Å². The van der Waals surface area contributed by atoms with E-state index in [1.54, 1.807) is 13.8 Å². The average molecular weight is 358 g/mol. The average Bonchev–Trinajstić information content (AvgIpc) is 2.63. The van der Waals surface area contributed by atoms with E-state index in [1.807, 2.05) is 0 Å². The third-order valence-corrected chi connectivity index (χ3v) is 2.26. The Hall–Kier alpha value is -3.69. The SMILES string of the molecule is C#CC#CC.CCOC(=O)c1cc(=O)[nH]cn1.O=c1cc(CO)nc[nH]1. The molecule has 0 atom stereocenters. The summed E-state index contributed by atoms with van der Waals surface area (Å²) >= 11 is 0. The maximum Gasteiger partial charge on any atom is 0.357 e. The van der Waals surface area contributed by atoms with E-state index in [4.69, 9.17) is 11.5 Å². The molecule has 0 saturated carbocycles. The van der Waals surface area contributed by atoms with Crippen molar-refractivity contribution in [2.75, 3.05) is 6.61 Å². The van der Waals surface area contributed by atoms with Gasteiger partial charge in [-0.25, -0.2) is 14.8 Å². The number of aliphatic hydroxyl groups is 1. The Bertz CT molecular complexity index is 900. The molecule has 0 aliphatic rings. The van der Waals surface area contributed by atoms with Crippen molar-refractivity contribution in [2.45, 2.75) is 20.5 Å². The molecule has 2 aromatic heterocycles. The van der Waals surface area contributed by atoms with E-state index >= 15 is 0 Å². The lowest BCUT2D eigenvalue weighted by atomic mass is 10.4. The van der Waals surface area contributed by atoms with Crippen LogP contribution in [-0.2, 0) is 11.3 Å². The second-order valence-corrected chi connectivity index (χ2v) is 4.10. The van der Waals surface area contributed by atoms with E-state index in [1.165, 1.54) is 12.4 Å². The van der Waals surface area contributed by atoms with Crippen LogP contribution in [0.2, 0.25) is 0 Å². The van der Waals surface area contributed by atoms with Crippen LogP contribution in [0.4, 0.5) is 0 Å². The number of H-pyrrole nitrogens is 2. The summed E-state index contributed by atoms with van der Waals surface area (Å²) in [6.07, 6.45) is 7.13. The summed E-state index contributed by atoms with van der Waals surface area (Å²) in [5, 5.41) is 8.45. The van der Waals surface area contributed by atoms with E-state index in [2.05, 4.69) is 42.4 Å². The second-order valence-electron chi connectivity index (χ2n) is 4.10. The van der Waals surface area contributed by atoms with Gasteiger partial charge in [-0.05, 0) is 25.7 Å². The molecule has 2 heterocycles. The zero-order valence-corrected chi connectivity index (χ0v) is 14.3. The normalized spacial score (nSPS) is 8.23. The highest BCUT2D eigenvalue weighted by Gasteiger charge is 2.06. The number of aliphatic hydroxyl groups excluding tert-OH is 1.